The molecule has 4 rings (SSSR count). The first-order chi connectivity index (χ1) is 16.6. The Morgan fingerprint density at radius 2 is 2.03 bits per heavy atom. The van der Waals surface area contributed by atoms with Crippen molar-refractivity contribution >= 4 is 22.7 Å². The third kappa shape index (κ3) is 6.05. The number of benzene rings is 1. The molecule has 0 bridgehead atoms. The van der Waals surface area contributed by atoms with Gasteiger partial charge in [-0.1, -0.05) is 12.8 Å². The van der Waals surface area contributed by atoms with Crippen LogP contribution in [-0.2, 0) is 6.54 Å². The van der Waals surface area contributed by atoms with Crippen LogP contribution in [0.3, 0.4) is 0 Å². The number of aliphatic hydroxyl groups is 2. The Balaban J connectivity index is 1.36. The summed E-state index contributed by atoms with van der Waals surface area (Å²) in [4.78, 5) is 7.07. The number of rotatable bonds is 11. The highest BCUT2D eigenvalue weighted by Crippen LogP contribution is 2.40. The fourth-order valence-corrected chi connectivity index (χ4v) is 7.01. The number of aliphatic hydroxyl groups excluding tert-OH is 2. The van der Waals surface area contributed by atoms with Gasteiger partial charge in [-0.05, 0) is 86.4 Å². The number of methoxy groups -OCH3 is 1. The standard InChI is InChI=1S/C27H41N3O3S/c1-33-21-6-7-24-23(16-21)26(20(17-28)18-29-24)25(32)8-9-27(19-31)10-12-30(13-11-27)14-15-34-22-4-2-3-5-22/h6-7,16,18,22,25,31-32H,2-5,8-15,17,19,28H2,1H3. The lowest BCUT2D eigenvalue weighted by Gasteiger charge is -2.41. The van der Waals surface area contributed by atoms with Gasteiger partial charge in [0.2, 0.25) is 0 Å². The number of piperidine rings is 1. The van der Waals surface area contributed by atoms with Crippen LogP contribution in [0, 0.1) is 5.41 Å². The van der Waals surface area contributed by atoms with E-state index in [4.69, 9.17) is 10.5 Å². The predicted octanol–water partition coefficient (Wildman–Crippen LogP) is 4.27. The molecule has 1 aromatic carbocycles. The van der Waals surface area contributed by atoms with E-state index in [1.807, 2.05) is 18.2 Å². The average Bonchev–Trinajstić information content (AvgIpc) is 3.40. The van der Waals surface area contributed by atoms with Crippen LogP contribution in [-0.4, -0.2) is 64.5 Å². The molecule has 0 amide bonds. The molecule has 2 aliphatic rings. The Morgan fingerprint density at radius 3 is 2.71 bits per heavy atom. The summed E-state index contributed by atoms with van der Waals surface area (Å²) >= 11 is 2.15. The van der Waals surface area contributed by atoms with Gasteiger partial charge in [0.15, 0.2) is 0 Å². The van der Waals surface area contributed by atoms with Gasteiger partial charge < -0.3 is 25.6 Å². The lowest BCUT2D eigenvalue weighted by Crippen LogP contribution is -2.43. The van der Waals surface area contributed by atoms with E-state index in [1.54, 1.807) is 13.3 Å². The molecule has 6 nitrogen and oxygen atoms in total. The molecule has 2 heterocycles. The van der Waals surface area contributed by atoms with E-state index >= 15 is 0 Å². The number of nitrogens with two attached hydrogens (primary N) is 1. The molecule has 2 aromatic rings. The Kier molecular flexibility index (Phi) is 9.10. The molecule has 1 aliphatic carbocycles. The van der Waals surface area contributed by atoms with Crippen LogP contribution in [0.25, 0.3) is 10.9 Å². The number of hydrogen-bond donors (Lipinski definition) is 3. The van der Waals surface area contributed by atoms with Crippen LogP contribution >= 0.6 is 11.8 Å². The van der Waals surface area contributed by atoms with E-state index in [2.05, 4.69) is 21.6 Å². The Labute approximate surface area is 208 Å². The first kappa shape index (κ1) is 25.7. The third-order valence-electron chi connectivity index (χ3n) is 8.02. The van der Waals surface area contributed by atoms with Crippen molar-refractivity contribution in [2.45, 2.75) is 69.3 Å². The van der Waals surface area contributed by atoms with Gasteiger partial charge in [-0.25, -0.2) is 0 Å². The molecule has 188 valence electrons. The third-order valence-corrected chi connectivity index (χ3v) is 9.38. The summed E-state index contributed by atoms with van der Waals surface area (Å²) in [6, 6.07) is 5.74. The van der Waals surface area contributed by atoms with Gasteiger partial charge in [-0.15, -0.1) is 0 Å². The lowest BCUT2D eigenvalue weighted by molar-refractivity contribution is 0.0253. The van der Waals surface area contributed by atoms with Crippen molar-refractivity contribution < 1.29 is 14.9 Å². The van der Waals surface area contributed by atoms with Crippen molar-refractivity contribution in [1.29, 1.82) is 0 Å². The highest BCUT2D eigenvalue weighted by atomic mass is 32.2. The number of aromatic nitrogens is 1. The number of thioether (sulfide) groups is 1. The number of pyridine rings is 1. The van der Waals surface area contributed by atoms with E-state index in [9.17, 15) is 10.2 Å². The molecule has 7 heteroatoms. The SMILES string of the molecule is COc1ccc2ncc(CN)c(C(O)CCC3(CO)CCN(CCSC4CCCC4)CC3)c2c1. The Hall–Kier alpha value is -1.38. The monoisotopic (exact) mass is 487 g/mol. The largest absolute Gasteiger partial charge is 0.497 e. The molecule has 1 aromatic heterocycles. The van der Waals surface area contributed by atoms with Crippen LogP contribution in [0.5, 0.6) is 5.75 Å². The molecule has 1 saturated carbocycles. The summed E-state index contributed by atoms with van der Waals surface area (Å²) < 4.78 is 5.41. The molecular weight excluding hydrogens is 446 g/mol. The number of ether oxygens (including phenoxy) is 1. The maximum Gasteiger partial charge on any atom is 0.119 e. The molecule has 1 saturated heterocycles. The topological polar surface area (TPSA) is 91.8 Å². The average molecular weight is 488 g/mol. The molecule has 1 unspecified atom stereocenters. The van der Waals surface area contributed by atoms with Crippen molar-refractivity contribution in [3.63, 3.8) is 0 Å². The fraction of sp³-hybridized carbons (Fsp3) is 0.667. The second-order valence-corrected chi connectivity index (χ2v) is 11.5. The van der Waals surface area contributed by atoms with Crippen LogP contribution in [0.2, 0.25) is 0 Å². The molecule has 4 N–H and O–H groups in total. The minimum atomic E-state index is -0.652. The Morgan fingerprint density at radius 1 is 1.26 bits per heavy atom. The van der Waals surface area contributed by atoms with Crippen LogP contribution in [0.4, 0.5) is 0 Å². The van der Waals surface area contributed by atoms with Gasteiger partial charge in [0.1, 0.15) is 5.75 Å². The lowest BCUT2D eigenvalue weighted by atomic mass is 9.74. The molecular formula is C27H41N3O3S. The molecule has 34 heavy (non-hydrogen) atoms. The van der Waals surface area contributed by atoms with E-state index in [0.29, 0.717) is 13.0 Å². The first-order valence-electron chi connectivity index (χ1n) is 12.9. The normalized spacial score (nSPS) is 20.1. The van der Waals surface area contributed by atoms with Crippen molar-refractivity contribution in [3.05, 3.63) is 35.5 Å². The van der Waals surface area contributed by atoms with Gasteiger partial charge in [0, 0.05) is 42.3 Å². The summed E-state index contributed by atoms with van der Waals surface area (Å²) in [5, 5.41) is 23.4. The van der Waals surface area contributed by atoms with Crippen LogP contribution in [0.15, 0.2) is 24.4 Å². The highest BCUT2D eigenvalue weighted by Gasteiger charge is 2.34. The zero-order chi connectivity index (χ0) is 24.0. The van der Waals surface area contributed by atoms with Crippen molar-refractivity contribution in [2.24, 2.45) is 11.1 Å². The quantitative estimate of drug-likeness (QED) is 0.436. The maximum atomic E-state index is 11.3. The van der Waals surface area contributed by atoms with Gasteiger partial charge >= 0.3 is 0 Å². The molecule has 1 aliphatic heterocycles. The zero-order valence-corrected chi connectivity index (χ0v) is 21.4. The van der Waals surface area contributed by atoms with E-state index in [-0.39, 0.29) is 12.0 Å². The predicted molar refractivity (Wildman–Crippen MR) is 140 cm³/mol. The number of nitrogens with zero attached hydrogens (tertiary/aromatic N) is 2. The van der Waals surface area contributed by atoms with Gasteiger partial charge in [0.05, 0.1) is 18.7 Å². The fourth-order valence-electron chi connectivity index (χ4n) is 5.65. The van der Waals surface area contributed by atoms with Gasteiger partial charge in [0.25, 0.3) is 0 Å². The number of fused-ring (bicyclic) bond motifs is 1. The second-order valence-electron chi connectivity index (χ2n) is 10.1. The van der Waals surface area contributed by atoms with Crippen molar-refractivity contribution in [3.8, 4) is 5.75 Å². The molecule has 0 radical (unpaired) electrons. The number of likely N-dealkylation sites (tertiary alicyclic amines) is 1. The molecule has 1 atom stereocenters. The van der Waals surface area contributed by atoms with Gasteiger partial charge in [-0.3, -0.25) is 4.98 Å². The zero-order valence-electron chi connectivity index (χ0n) is 20.5. The molecule has 2 fully saturated rings. The summed E-state index contributed by atoms with van der Waals surface area (Å²) in [5.41, 5.74) is 8.43. The summed E-state index contributed by atoms with van der Waals surface area (Å²) in [5.74, 6) is 1.96. The maximum absolute atomic E-state index is 11.3. The minimum Gasteiger partial charge on any atom is -0.497 e. The van der Waals surface area contributed by atoms with Crippen LogP contribution < -0.4 is 10.5 Å². The van der Waals surface area contributed by atoms with Crippen molar-refractivity contribution in [1.82, 2.24) is 9.88 Å². The number of hydrogen-bond acceptors (Lipinski definition) is 7. The van der Waals surface area contributed by atoms with Crippen molar-refractivity contribution in [2.75, 3.05) is 39.1 Å². The first-order valence-corrected chi connectivity index (χ1v) is 13.9. The van der Waals surface area contributed by atoms with E-state index in [0.717, 1.165) is 71.9 Å². The summed E-state index contributed by atoms with van der Waals surface area (Å²) in [6.07, 6.45) is 10.1. The van der Waals surface area contributed by atoms with Crippen LogP contribution in [0.1, 0.15) is 68.6 Å². The summed E-state index contributed by atoms with van der Waals surface area (Å²) in [6.45, 7) is 3.72. The highest BCUT2D eigenvalue weighted by molar-refractivity contribution is 7.99. The Bertz CT molecular complexity index is 921. The molecule has 0 spiro atoms. The smallest absolute Gasteiger partial charge is 0.119 e. The van der Waals surface area contributed by atoms with Gasteiger partial charge in [-0.2, -0.15) is 11.8 Å². The van der Waals surface area contributed by atoms with E-state index < -0.39 is 6.10 Å². The van der Waals surface area contributed by atoms with E-state index in [1.165, 1.54) is 31.4 Å². The summed E-state index contributed by atoms with van der Waals surface area (Å²) in [7, 11) is 1.64. The minimum absolute atomic E-state index is 0.112. The second kappa shape index (κ2) is 12.0.